The lowest BCUT2D eigenvalue weighted by atomic mass is 10.1. The van der Waals surface area contributed by atoms with Gasteiger partial charge in [-0.05, 0) is 30.5 Å². The van der Waals surface area contributed by atoms with E-state index in [-0.39, 0.29) is 18.4 Å². The molecule has 6 nitrogen and oxygen atoms in total. The average molecular weight is 456 g/mol. The van der Waals surface area contributed by atoms with E-state index in [1.165, 1.54) is 12.8 Å². The van der Waals surface area contributed by atoms with Crippen LogP contribution < -0.4 is 0 Å². The van der Waals surface area contributed by atoms with Crippen LogP contribution in [0.5, 0.6) is 0 Å². The summed E-state index contributed by atoms with van der Waals surface area (Å²) in [5.74, 6) is 0.0336. The highest BCUT2D eigenvalue weighted by atomic mass is 16.5. The zero-order valence-corrected chi connectivity index (χ0v) is 20.7. The van der Waals surface area contributed by atoms with Gasteiger partial charge >= 0.3 is 0 Å². The van der Waals surface area contributed by atoms with Crippen molar-refractivity contribution in [1.29, 1.82) is 0 Å². The first-order valence-electron chi connectivity index (χ1n) is 12.2. The van der Waals surface area contributed by atoms with E-state index in [0.29, 0.717) is 32.7 Å². The molecule has 0 fully saturated rings. The van der Waals surface area contributed by atoms with Crippen LogP contribution in [0, 0.1) is 0 Å². The quantitative estimate of drug-likeness (QED) is 0.342. The fraction of sp³-hybridized carbons (Fsp3) is 0.556. The lowest BCUT2D eigenvalue weighted by Gasteiger charge is -2.28. The zero-order chi connectivity index (χ0) is 23.9. The molecule has 2 rings (SSSR count). The lowest BCUT2D eigenvalue weighted by molar-refractivity contribution is -0.141. The first-order chi connectivity index (χ1) is 16.0. The number of aromatic nitrogens is 1. The van der Waals surface area contributed by atoms with Crippen LogP contribution in [0.15, 0.2) is 48.7 Å². The molecular weight excluding hydrogens is 414 g/mol. The summed E-state index contributed by atoms with van der Waals surface area (Å²) in [5, 5.41) is 0. The molecule has 0 atom stereocenters. The second kappa shape index (κ2) is 15.3. The highest BCUT2D eigenvalue weighted by Crippen LogP contribution is 2.13. The molecule has 33 heavy (non-hydrogen) atoms. The van der Waals surface area contributed by atoms with Crippen LogP contribution in [0.2, 0.25) is 0 Å². The number of methoxy groups -OCH3 is 1. The van der Waals surface area contributed by atoms with Gasteiger partial charge in [0.2, 0.25) is 11.8 Å². The summed E-state index contributed by atoms with van der Waals surface area (Å²) in [6.07, 6.45) is 8.70. The molecule has 1 aromatic carbocycles. The molecule has 0 bridgehead atoms. The fourth-order valence-corrected chi connectivity index (χ4v) is 3.89. The molecule has 0 saturated carbocycles. The maximum atomic E-state index is 13.4. The van der Waals surface area contributed by atoms with Gasteiger partial charge < -0.3 is 19.1 Å². The molecule has 2 aromatic rings. The molecule has 6 heteroatoms. The molecule has 0 N–H and O–H groups in total. The fourth-order valence-electron chi connectivity index (χ4n) is 3.89. The van der Waals surface area contributed by atoms with Crippen molar-refractivity contribution in [3.63, 3.8) is 0 Å². The number of benzene rings is 1. The van der Waals surface area contributed by atoms with Gasteiger partial charge in [0, 0.05) is 52.2 Å². The van der Waals surface area contributed by atoms with Crippen LogP contribution in [-0.2, 0) is 34.5 Å². The third-order valence-electron chi connectivity index (χ3n) is 5.92. The molecule has 0 aliphatic carbocycles. The van der Waals surface area contributed by atoms with Crippen molar-refractivity contribution >= 4 is 11.8 Å². The molecule has 0 saturated heterocycles. The highest BCUT2D eigenvalue weighted by molar-refractivity contribution is 5.84. The number of rotatable bonds is 16. The van der Waals surface area contributed by atoms with Crippen LogP contribution in [0.3, 0.4) is 0 Å². The standard InChI is InChI=1S/C27H41N3O3/c1-4-5-6-7-11-17-26(31)29(19-13-20-33-3)23-27(32)30(21-24-14-9-8-10-15-24)22-25-16-12-18-28(25)2/h8-10,12,14-16,18H,4-7,11,13,17,19-23H2,1-3H3. The molecule has 0 aliphatic rings. The topological polar surface area (TPSA) is 54.8 Å². The Kier molecular flexibility index (Phi) is 12.3. The number of ether oxygens (including phenoxy) is 1. The summed E-state index contributed by atoms with van der Waals surface area (Å²) in [4.78, 5) is 30.0. The molecule has 1 heterocycles. The summed E-state index contributed by atoms with van der Waals surface area (Å²) in [7, 11) is 3.64. The summed E-state index contributed by atoms with van der Waals surface area (Å²) in [6.45, 7) is 4.43. The van der Waals surface area contributed by atoms with Crippen LogP contribution in [0.25, 0.3) is 0 Å². The van der Waals surface area contributed by atoms with Gasteiger partial charge in [0.05, 0.1) is 13.1 Å². The highest BCUT2D eigenvalue weighted by Gasteiger charge is 2.22. The van der Waals surface area contributed by atoms with Gasteiger partial charge in [0.1, 0.15) is 0 Å². The zero-order valence-electron chi connectivity index (χ0n) is 20.7. The number of hydrogen-bond donors (Lipinski definition) is 0. The number of hydrogen-bond acceptors (Lipinski definition) is 3. The maximum absolute atomic E-state index is 13.4. The van der Waals surface area contributed by atoms with Crippen molar-refractivity contribution in [3.8, 4) is 0 Å². The molecule has 0 radical (unpaired) electrons. The first-order valence-corrected chi connectivity index (χ1v) is 12.2. The second-order valence-electron chi connectivity index (χ2n) is 8.67. The number of carbonyl (C=O) groups excluding carboxylic acids is 2. The van der Waals surface area contributed by atoms with E-state index in [4.69, 9.17) is 4.74 Å². The summed E-state index contributed by atoms with van der Waals surface area (Å²) in [6, 6.07) is 14.0. The predicted molar refractivity (Wildman–Crippen MR) is 133 cm³/mol. The predicted octanol–water partition coefficient (Wildman–Crippen LogP) is 4.78. The van der Waals surface area contributed by atoms with Gasteiger partial charge in [-0.2, -0.15) is 0 Å². The molecule has 182 valence electrons. The van der Waals surface area contributed by atoms with Crippen molar-refractivity contribution in [3.05, 3.63) is 59.9 Å². The minimum absolute atomic E-state index is 0.0307. The van der Waals surface area contributed by atoms with Gasteiger partial charge in [-0.15, -0.1) is 0 Å². The monoisotopic (exact) mass is 455 g/mol. The van der Waals surface area contributed by atoms with E-state index in [1.54, 1.807) is 12.0 Å². The lowest BCUT2D eigenvalue weighted by Crippen LogP contribution is -2.43. The number of aryl methyl sites for hydroxylation is 1. The summed E-state index contributed by atoms with van der Waals surface area (Å²) < 4.78 is 7.21. The Labute approximate surface area is 199 Å². The van der Waals surface area contributed by atoms with E-state index in [9.17, 15) is 9.59 Å². The minimum Gasteiger partial charge on any atom is -0.385 e. The third-order valence-corrected chi connectivity index (χ3v) is 5.92. The number of amides is 2. The molecule has 0 aliphatic heterocycles. The van der Waals surface area contributed by atoms with Crippen molar-refractivity contribution in [1.82, 2.24) is 14.4 Å². The molecule has 0 unspecified atom stereocenters. The van der Waals surface area contributed by atoms with E-state index in [2.05, 4.69) is 6.92 Å². The van der Waals surface area contributed by atoms with Crippen LogP contribution in [0.4, 0.5) is 0 Å². The maximum Gasteiger partial charge on any atom is 0.242 e. The normalized spacial score (nSPS) is 10.9. The van der Waals surface area contributed by atoms with Crippen molar-refractivity contribution in [2.45, 2.75) is 65.0 Å². The molecule has 2 amide bonds. The van der Waals surface area contributed by atoms with E-state index in [0.717, 1.165) is 36.9 Å². The number of nitrogens with zero attached hydrogens (tertiary/aromatic N) is 3. The molecule has 0 spiro atoms. The van der Waals surface area contributed by atoms with Gasteiger partial charge in [0.15, 0.2) is 0 Å². The van der Waals surface area contributed by atoms with Crippen molar-refractivity contribution in [2.24, 2.45) is 7.05 Å². The largest absolute Gasteiger partial charge is 0.385 e. The summed E-state index contributed by atoms with van der Waals surface area (Å²) >= 11 is 0. The van der Waals surface area contributed by atoms with E-state index >= 15 is 0 Å². The van der Waals surface area contributed by atoms with Gasteiger partial charge in [-0.3, -0.25) is 9.59 Å². The third kappa shape index (κ3) is 9.82. The Morgan fingerprint density at radius 3 is 2.30 bits per heavy atom. The molecular formula is C27H41N3O3. The van der Waals surface area contributed by atoms with E-state index in [1.807, 2.05) is 65.2 Å². The Morgan fingerprint density at radius 2 is 1.64 bits per heavy atom. The summed E-state index contributed by atoms with van der Waals surface area (Å²) in [5.41, 5.74) is 2.14. The number of carbonyl (C=O) groups is 2. The van der Waals surface area contributed by atoms with Gasteiger partial charge in [-0.1, -0.05) is 62.9 Å². The SMILES string of the molecule is CCCCCCCC(=O)N(CCCOC)CC(=O)N(Cc1ccccc1)Cc1cccn1C. The van der Waals surface area contributed by atoms with E-state index < -0.39 is 0 Å². The van der Waals surface area contributed by atoms with Crippen LogP contribution in [0.1, 0.15) is 63.1 Å². The first kappa shape index (κ1) is 26.7. The molecule has 1 aromatic heterocycles. The Bertz CT molecular complexity index is 819. The minimum atomic E-state index is -0.0307. The van der Waals surface area contributed by atoms with Crippen LogP contribution in [-0.4, -0.2) is 53.0 Å². The van der Waals surface area contributed by atoms with Crippen LogP contribution >= 0.6 is 0 Å². The van der Waals surface area contributed by atoms with Gasteiger partial charge in [-0.25, -0.2) is 0 Å². The van der Waals surface area contributed by atoms with Crippen molar-refractivity contribution in [2.75, 3.05) is 26.8 Å². The average Bonchev–Trinajstić information content (AvgIpc) is 3.22. The Morgan fingerprint density at radius 1 is 0.879 bits per heavy atom. The number of unbranched alkanes of at least 4 members (excludes halogenated alkanes) is 4. The van der Waals surface area contributed by atoms with Gasteiger partial charge in [0.25, 0.3) is 0 Å². The van der Waals surface area contributed by atoms with Crippen molar-refractivity contribution < 1.29 is 14.3 Å². The Balaban J connectivity index is 2.07. The smallest absolute Gasteiger partial charge is 0.242 e. The Hall–Kier alpha value is -2.60. The second-order valence-corrected chi connectivity index (χ2v) is 8.67.